The van der Waals surface area contributed by atoms with Crippen LogP contribution in [0.1, 0.15) is 51.0 Å². The van der Waals surface area contributed by atoms with E-state index in [0.717, 1.165) is 31.0 Å². The van der Waals surface area contributed by atoms with Crippen LogP contribution in [0, 0.1) is 5.82 Å². The number of nitrogens with zero attached hydrogens (tertiary/aromatic N) is 2. The predicted octanol–water partition coefficient (Wildman–Crippen LogP) is 3.54. The fraction of sp³-hybridized carbons (Fsp3) is 0.650. The van der Waals surface area contributed by atoms with Crippen LogP contribution in [0.4, 0.5) is 4.39 Å². The van der Waals surface area contributed by atoms with Gasteiger partial charge in [0.25, 0.3) is 0 Å². The first kappa shape index (κ1) is 19.7. The Labute approximate surface area is 151 Å². The van der Waals surface area contributed by atoms with Crippen molar-refractivity contribution in [3.8, 4) is 0 Å². The van der Waals surface area contributed by atoms with E-state index >= 15 is 0 Å². The number of hydrogen-bond donors (Lipinski definition) is 2. The summed E-state index contributed by atoms with van der Waals surface area (Å²) in [5.41, 5.74) is 1.01. The summed E-state index contributed by atoms with van der Waals surface area (Å²) in [5.74, 6) is 0.630. The minimum absolute atomic E-state index is 0.206. The number of hydrogen-bond acceptors (Lipinski definition) is 2. The van der Waals surface area contributed by atoms with Gasteiger partial charge in [-0.05, 0) is 69.9 Å². The first-order chi connectivity index (χ1) is 12.3. The van der Waals surface area contributed by atoms with Crippen LogP contribution in [0.15, 0.2) is 29.3 Å². The van der Waals surface area contributed by atoms with Crippen LogP contribution in [0.3, 0.4) is 0 Å². The molecular weight excluding hydrogens is 315 g/mol. The van der Waals surface area contributed by atoms with Crippen molar-refractivity contribution in [2.75, 3.05) is 32.7 Å². The van der Waals surface area contributed by atoms with Gasteiger partial charge in [-0.15, -0.1) is 0 Å². The third-order valence-electron chi connectivity index (χ3n) is 4.57. The lowest BCUT2D eigenvalue weighted by Crippen LogP contribution is -2.37. The van der Waals surface area contributed by atoms with Gasteiger partial charge >= 0.3 is 0 Å². The molecular formula is C20H33FN4. The maximum Gasteiger partial charge on any atom is 0.191 e. The molecule has 0 atom stereocenters. The molecule has 0 radical (unpaired) electrons. The van der Waals surface area contributed by atoms with Crippen LogP contribution in [-0.4, -0.2) is 43.6 Å². The van der Waals surface area contributed by atoms with Gasteiger partial charge in [0, 0.05) is 13.1 Å². The van der Waals surface area contributed by atoms with E-state index in [0.29, 0.717) is 6.54 Å². The van der Waals surface area contributed by atoms with E-state index < -0.39 is 0 Å². The fourth-order valence-corrected chi connectivity index (χ4v) is 3.13. The maximum atomic E-state index is 12.9. The zero-order chi connectivity index (χ0) is 17.7. The maximum absolute atomic E-state index is 12.9. The topological polar surface area (TPSA) is 39.7 Å². The van der Waals surface area contributed by atoms with E-state index in [1.807, 2.05) is 0 Å². The van der Waals surface area contributed by atoms with E-state index in [1.165, 1.54) is 63.9 Å². The van der Waals surface area contributed by atoms with Crippen molar-refractivity contribution in [3.05, 3.63) is 35.6 Å². The molecule has 25 heavy (non-hydrogen) atoms. The number of benzene rings is 1. The zero-order valence-electron chi connectivity index (χ0n) is 15.6. The number of nitrogens with one attached hydrogen (secondary N) is 2. The molecule has 0 aromatic heterocycles. The third kappa shape index (κ3) is 8.34. The first-order valence-corrected chi connectivity index (χ1v) is 9.77. The smallest absolute Gasteiger partial charge is 0.191 e. The SMILES string of the molecule is CCNC(=NCc1ccc(F)cc1)NCCCCCN1CCCCC1. The molecule has 0 bridgehead atoms. The van der Waals surface area contributed by atoms with Gasteiger partial charge in [-0.1, -0.05) is 25.0 Å². The summed E-state index contributed by atoms with van der Waals surface area (Å²) in [6.07, 6.45) is 7.85. The second-order valence-corrected chi connectivity index (χ2v) is 6.71. The minimum Gasteiger partial charge on any atom is -0.357 e. The first-order valence-electron chi connectivity index (χ1n) is 9.77. The van der Waals surface area contributed by atoms with Crippen LogP contribution >= 0.6 is 0 Å². The summed E-state index contributed by atoms with van der Waals surface area (Å²) in [6, 6.07) is 6.52. The van der Waals surface area contributed by atoms with Gasteiger partial charge in [0.2, 0.25) is 0 Å². The van der Waals surface area contributed by atoms with E-state index in [4.69, 9.17) is 0 Å². The second-order valence-electron chi connectivity index (χ2n) is 6.71. The molecule has 0 amide bonds. The van der Waals surface area contributed by atoms with E-state index in [1.54, 1.807) is 12.1 Å². The molecule has 0 aliphatic carbocycles. The minimum atomic E-state index is -0.206. The highest BCUT2D eigenvalue weighted by Gasteiger charge is 2.08. The Morgan fingerprint density at radius 1 is 1.04 bits per heavy atom. The molecule has 1 aromatic rings. The van der Waals surface area contributed by atoms with Crippen molar-refractivity contribution in [1.29, 1.82) is 0 Å². The molecule has 2 N–H and O–H groups in total. The largest absolute Gasteiger partial charge is 0.357 e. The standard InChI is InChI=1S/C20H33FN4/c1-2-22-20(24-17-18-9-11-19(21)12-10-18)23-13-5-3-6-14-25-15-7-4-8-16-25/h9-12H,2-8,13-17H2,1H3,(H2,22,23,24). The van der Waals surface area contributed by atoms with Crippen molar-refractivity contribution in [2.24, 2.45) is 4.99 Å². The number of halogens is 1. The van der Waals surface area contributed by atoms with E-state index in [2.05, 4.69) is 27.4 Å². The Hall–Kier alpha value is -1.62. The molecule has 4 nitrogen and oxygen atoms in total. The fourth-order valence-electron chi connectivity index (χ4n) is 3.13. The molecule has 0 unspecified atom stereocenters. The molecule has 1 fully saturated rings. The molecule has 1 saturated heterocycles. The van der Waals surface area contributed by atoms with Crippen molar-refractivity contribution >= 4 is 5.96 Å². The highest BCUT2D eigenvalue weighted by Crippen LogP contribution is 2.09. The lowest BCUT2D eigenvalue weighted by Gasteiger charge is -2.26. The molecule has 0 spiro atoms. The van der Waals surface area contributed by atoms with Crippen LogP contribution < -0.4 is 10.6 Å². The van der Waals surface area contributed by atoms with Crippen molar-refractivity contribution in [1.82, 2.24) is 15.5 Å². The monoisotopic (exact) mass is 348 g/mol. The highest BCUT2D eigenvalue weighted by molar-refractivity contribution is 5.79. The summed E-state index contributed by atoms with van der Waals surface area (Å²) >= 11 is 0. The third-order valence-corrected chi connectivity index (χ3v) is 4.57. The number of piperidine rings is 1. The van der Waals surface area contributed by atoms with Gasteiger partial charge in [0.15, 0.2) is 5.96 Å². The van der Waals surface area contributed by atoms with Crippen molar-refractivity contribution < 1.29 is 4.39 Å². The Morgan fingerprint density at radius 2 is 1.80 bits per heavy atom. The van der Waals surface area contributed by atoms with Crippen molar-refractivity contribution in [2.45, 2.75) is 52.0 Å². The molecule has 1 aromatic carbocycles. The van der Waals surface area contributed by atoms with Gasteiger partial charge in [-0.3, -0.25) is 0 Å². The summed E-state index contributed by atoms with van der Waals surface area (Å²) in [5, 5.41) is 6.66. The van der Waals surface area contributed by atoms with Gasteiger partial charge in [-0.25, -0.2) is 9.38 Å². The summed E-state index contributed by atoms with van der Waals surface area (Å²) < 4.78 is 12.9. The normalized spacial score (nSPS) is 16.0. The molecule has 1 aliphatic heterocycles. The molecule has 140 valence electrons. The average Bonchev–Trinajstić information content (AvgIpc) is 2.64. The predicted molar refractivity (Wildman–Crippen MR) is 103 cm³/mol. The molecule has 0 saturated carbocycles. The average molecular weight is 349 g/mol. The zero-order valence-corrected chi connectivity index (χ0v) is 15.6. The Morgan fingerprint density at radius 3 is 2.52 bits per heavy atom. The molecule has 1 aliphatic rings. The number of unbranched alkanes of at least 4 members (excludes halogenated alkanes) is 2. The van der Waals surface area contributed by atoms with E-state index in [-0.39, 0.29) is 5.82 Å². The van der Waals surface area contributed by atoms with Crippen LogP contribution in [0.5, 0.6) is 0 Å². The quantitative estimate of drug-likeness (QED) is 0.407. The number of aliphatic imine (C=N–C) groups is 1. The summed E-state index contributed by atoms with van der Waals surface area (Å²) in [4.78, 5) is 7.17. The lowest BCUT2D eigenvalue weighted by molar-refractivity contribution is 0.224. The highest BCUT2D eigenvalue weighted by atomic mass is 19.1. The summed E-state index contributed by atoms with van der Waals surface area (Å²) in [7, 11) is 0. The lowest BCUT2D eigenvalue weighted by atomic mass is 10.1. The van der Waals surface area contributed by atoms with Gasteiger partial charge < -0.3 is 15.5 Å². The molecule has 2 rings (SSSR count). The molecule has 1 heterocycles. The van der Waals surface area contributed by atoms with E-state index in [9.17, 15) is 4.39 Å². The van der Waals surface area contributed by atoms with Crippen LogP contribution in [0.2, 0.25) is 0 Å². The molecule has 5 heteroatoms. The van der Waals surface area contributed by atoms with Gasteiger partial charge in [0.1, 0.15) is 5.82 Å². The number of likely N-dealkylation sites (tertiary alicyclic amines) is 1. The Balaban J connectivity index is 1.61. The van der Waals surface area contributed by atoms with Gasteiger partial charge in [-0.2, -0.15) is 0 Å². The van der Waals surface area contributed by atoms with Crippen molar-refractivity contribution in [3.63, 3.8) is 0 Å². The van der Waals surface area contributed by atoms with Gasteiger partial charge in [0.05, 0.1) is 6.54 Å². The Kier molecular flexibility index (Phi) is 9.34. The Bertz CT molecular complexity index is 495. The number of guanidine groups is 1. The number of rotatable bonds is 9. The van der Waals surface area contributed by atoms with Crippen LogP contribution in [-0.2, 0) is 6.54 Å². The van der Waals surface area contributed by atoms with Crippen LogP contribution in [0.25, 0.3) is 0 Å². The second kappa shape index (κ2) is 11.9. The summed E-state index contributed by atoms with van der Waals surface area (Å²) in [6.45, 7) is 8.23.